The normalized spacial score (nSPS) is 21.8. The van der Waals surface area contributed by atoms with Gasteiger partial charge in [0.15, 0.2) is 0 Å². The highest BCUT2D eigenvalue weighted by Crippen LogP contribution is 2.23. The summed E-state index contributed by atoms with van der Waals surface area (Å²) in [7, 11) is 2.00. The third kappa shape index (κ3) is 4.79. The fourth-order valence-corrected chi connectivity index (χ4v) is 4.14. The van der Waals surface area contributed by atoms with Crippen molar-refractivity contribution in [1.29, 1.82) is 0 Å². The summed E-state index contributed by atoms with van der Waals surface area (Å²) < 4.78 is 0. The largest absolute Gasteiger partial charge is 0.342 e. The smallest absolute Gasteiger partial charge is 0.236 e. The number of nitrogens with zero attached hydrogens (tertiary/aromatic N) is 4. The molecule has 2 fully saturated rings. The van der Waals surface area contributed by atoms with Crippen molar-refractivity contribution >= 4 is 5.91 Å². The number of carbonyl (C=O) groups excluding carboxylic acids is 1. The molecular weight excluding hydrogens is 312 g/mol. The second-order valence-corrected chi connectivity index (χ2v) is 7.57. The third-order valence-corrected chi connectivity index (χ3v) is 6.02. The summed E-state index contributed by atoms with van der Waals surface area (Å²) in [6.07, 6.45) is 9.96. The fourth-order valence-electron chi connectivity index (χ4n) is 4.14. The molecule has 1 amide bonds. The van der Waals surface area contributed by atoms with Gasteiger partial charge in [0.25, 0.3) is 0 Å². The molecule has 5 heteroatoms. The number of carbonyl (C=O) groups is 1. The van der Waals surface area contributed by atoms with Gasteiger partial charge in [-0.15, -0.1) is 0 Å². The van der Waals surface area contributed by atoms with Gasteiger partial charge in [0.05, 0.1) is 6.54 Å². The summed E-state index contributed by atoms with van der Waals surface area (Å²) in [5.41, 5.74) is 1.32. The first-order valence-electron chi connectivity index (χ1n) is 9.77. The number of piperazine rings is 1. The second kappa shape index (κ2) is 8.77. The van der Waals surface area contributed by atoms with Crippen molar-refractivity contribution in [1.82, 2.24) is 19.7 Å². The van der Waals surface area contributed by atoms with E-state index in [2.05, 4.69) is 33.8 Å². The summed E-state index contributed by atoms with van der Waals surface area (Å²) in [4.78, 5) is 23.6. The van der Waals surface area contributed by atoms with Gasteiger partial charge in [0.2, 0.25) is 5.91 Å². The van der Waals surface area contributed by atoms with E-state index in [9.17, 15) is 4.79 Å². The summed E-state index contributed by atoms with van der Waals surface area (Å²) in [6, 6.07) is 5.07. The first-order valence-corrected chi connectivity index (χ1v) is 9.77. The summed E-state index contributed by atoms with van der Waals surface area (Å²) in [5, 5.41) is 0. The van der Waals surface area contributed by atoms with Crippen LogP contribution in [0.4, 0.5) is 0 Å². The highest BCUT2D eigenvalue weighted by molar-refractivity contribution is 5.78. The SMILES string of the molecule is C[C@H](c1ccncc1)N1CCN(CC(=O)N(C)C2CCCCC2)CC1. The Balaban J connectivity index is 1.45. The lowest BCUT2D eigenvalue weighted by atomic mass is 9.94. The first kappa shape index (κ1) is 18.3. The Labute approximate surface area is 152 Å². The third-order valence-electron chi connectivity index (χ3n) is 6.02. The Bertz CT molecular complexity index is 536. The van der Waals surface area contributed by atoms with Gasteiger partial charge < -0.3 is 4.90 Å². The number of pyridine rings is 1. The quantitative estimate of drug-likeness (QED) is 0.823. The molecule has 2 heterocycles. The van der Waals surface area contributed by atoms with Crippen LogP contribution in [0.2, 0.25) is 0 Å². The molecule has 1 aliphatic heterocycles. The Morgan fingerprint density at radius 2 is 1.80 bits per heavy atom. The van der Waals surface area contributed by atoms with Gasteiger partial charge in [-0.1, -0.05) is 19.3 Å². The van der Waals surface area contributed by atoms with E-state index in [0.29, 0.717) is 24.5 Å². The number of amides is 1. The number of hydrogen-bond acceptors (Lipinski definition) is 4. The van der Waals surface area contributed by atoms with Crippen molar-refractivity contribution in [3.05, 3.63) is 30.1 Å². The molecule has 0 radical (unpaired) electrons. The van der Waals surface area contributed by atoms with Crippen LogP contribution in [0.3, 0.4) is 0 Å². The molecular formula is C20H32N4O. The van der Waals surface area contributed by atoms with E-state index in [-0.39, 0.29) is 0 Å². The first-order chi connectivity index (χ1) is 12.1. The minimum atomic E-state index is 0.294. The number of rotatable bonds is 5. The summed E-state index contributed by atoms with van der Waals surface area (Å²) in [6.45, 7) is 6.81. The average Bonchev–Trinajstić information content (AvgIpc) is 2.68. The predicted octanol–water partition coefficient (Wildman–Crippen LogP) is 2.55. The maximum absolute atomic E-state index is 12.6. The van der Waals surface area contributed by atoms with E-state index < -0.39 is 0 Å². The van der Waals surface area contributed by atoms with Gasteiger partial charge in [-0.3, -0.25) is 19.6 Å². The maximum atomic E-state index is 12.6. The van der Waals surface area contributed by atoms with Gasteiger partial charge in [-0.25, -0.2) is 0 Å². The van der Waals surface area contributed by atoms with Crippen LogP contribution in [0.5, 0.6) is 0 Å². The highest BCUT2D eigenvalue weighted by atomic mass is 16.2. The topological polar surface area (TPSA) is 39.7 Å². The van der Waals surface area contributed by atoms with Crippen LogP contribution in [0, 0.1) is 0 Å². The Morgan fingerprint density at radius 1 is 1.16 bits per heavy atom. The number of likely N-dealkylation sites (N-methyl/N-ethyl adjacent to an activating group) is 1. The second-order valence-electron chi connectivity index (χ2n) is 7.57. The molecule has 0 aromatic carbocycles. The van der Waals surface area contributed by atoms with Gasteiger partial charge in [-0.2, -0.15) is 0 Å². The minimum Gasteiger partial charge on any atom is -0.342 e. The molecule has 1 aromatic heterocycles. The van der Waals surface area contributed by atoms with E-state index >= 15 is 0 Å². The monoisotopic (exact) mass is 344 g/mol. The molecule has 0 unspecified atom stereocenters. The van der Waals surface area contributed by atoms with Gasteiger partial charge in [0.1, 0.15) is 0 Å². The van der Waals surface area contributed by atoms with Crippen LogP contribution < -0.4 is 0 Å². The summed E-state index contributed by atoms with van der Waals surface area (Å²) >= 11 is 0. The van der Waals surface area contributed by atoms with Crippen LogP contribution in [0.1, 0.15) is 50.6 Å². The zero-order valence-corrected chi connectivity index (χ0v) is 15.7. The van der Waals surface area contributed by atoms with Crippen molar-refractivity contribution in [2.24, 2.45) is 0 Å². The molecule has 1 saturated heterocycles. The zero-order chi connectivity index (χ0) is 17.6. The lowest BCUT2D eigenvalue weighted by Gasteiger charge is -2.39. The van der Waals surface area contributed by atoms with E-state index in [0.717, 1.165) is 26.2 Å². The van der Waals surface area contributed by atoms with Crippen molar-refractivity contribution in [2.45, 2.75) is 51.1 Å². The minimum absolute atomic E-state index is 0.294. The fraction of sp³-hybridized carbons (Fsp3) is 0.700. The van der Waals surface area contributed by atoms with Crippen LogP contribution in [-0.4, -0.2) is 71.4 Å². The van der Waals surface area contributed by atoms with Crippen molar-refractivity contribution in [3.8, 4) is 0 Å². The molecule has 2 aliphatic rings. The zero-order valence-electron chi connectivity index (χ0n) is 15.7. The van der Waals surface area contributed by atoms with Crippen molar-refractivity contribution < 1.29 is 4.79 Å². The van der Waals surface area contributed by atoms with Crippen LogP contribution in [0.15, 0.2) is 24.5 Å². The van der Waals surface area contributed by atoms with Gasteiger partial charge in [-0.05, 0) is 37.5 Å². The van der Waals surface area contributed by atoms with Crippen LogP contribution in [-0.2, 0) is 4.79 Å². The summed E-state index contributed by atoms with van der Waals surface area (Å²) in [5.74, 6) is 0.294. The van der Waals surface area contributed by atoms with E-state index in [1.54, 1.807) is 0 Å². The van der Waals surface area contributed by atoms with E-state index in [1.165, 1.54) is 37.7 Å². The number of aromatic nitrogens is 1. The number of hydrogen-bond donors (Lipinski definition) is 0. The van der Waals surface area contributed by atoms with E-state index in [1.807, 2.05) is 24.3 Å². The highest BCUT2D eigenvalue weighted by Gasteiger charge is 2.26. The van der Waals surface area contributed by atoms with Crippen molar-refractivity contribution in [3.63, 3.8) is 0 Å². The van der Waals surface area contributed by atoms with E-state index in [4.69, 9.17) is 0 Å². The lowest BCUT2D eigenvalue weighted by molar-refractivity contribution is -0.134. The van der Waals surface area contributed by atoms with Gasteiger partial charge in [0, 0.05) is 57.7 Å². The lowest BCUT2D eigenvalue weighted by Crippen LogP contribution is -2.51. The molecule has 3 rings (SSSR count). The average molecular weight is 345 g/mol. The molecule has 0 spiro atoms. The molecule has 138 valence electrons. The Hall–Kier alpha value is -1.46. The molecule has 1 aliphatic carbocycles. The predicted molar refractivity (Wildman–Crippen MR) is 100 cm³/mol. The molecule has 1 saturated carbocycles. The van der Waals surface area contributed by atoms with Gasteiger partial charge >= 0.3 is 0 Å². The van der Waals surface area contributed by atoms with Crippen LogP contribution >= 0.6 is 0 Å². The van der Waals surface area contributed by atoms with Crippen LogP contribution in [0.25, 0.3) is 0 Å². The molecule has 25 heavy (non-hydrogen) atoms. The van der Waals surface area contributed by atoms with Crippen molar-refractivity contribution in [2.75, 3.05) is 39.8 Å². The Kier molecular flexibility index (Phi) is 6.43. The standard InChI is InChI=1S/C20H32N4O/c1-17(18-8-10-21-11-9-18)24-14-12-23(13-15-24)16-20(25)22(2)19-6-4-3-5-7-19/h8-11,17,19H,3-7,12-16H2,1-2H3/t17-/m1/s1. The molecule has 1 atom stereocenters. The Morgan fingerprint density at radius 3 is 2.44 bits per heavy atom. The molecule has 1 aromatic rings. The molecule has 0 N–H and O–H groups in total. The molecule has 5 nitrogen and oxygen atoms in total. The molecule has 0 bridgehead atoms. The maximum Gasteiger partial charge on any atom is 0.236 e.